The van der Waals surface area contributed by atoms with Crippen molar-refractivity contribution >= 4 is 17.5 Å². The summed E-state index contributed by atoms with van der Waals surface area (Å²) < 4.78 is 18.6. The van der Waals surface area contributed by atoms with Crippen LogP contribution in [0.15, 0.2) is 18.2 Å². The number of ether oxygens (including phenoxy) is 1. The van der Waals surface area contributed by atoms with Crippen molar-refractivity contribution in [2.24, 2.45) is 5.92 Å². The van der Waals surface area contributed by atoms with E-state index in [0.29, 0.717) is 37.9 Å². The molecule has 0 radical (unpaired) electrons. The Morgan fingerprint density at radius 2 is 1.91 bits per heavy atom. The third kappa shape index (κ3) is 4.22. The standard InChI is InChI=1S/C17H22ClFN2O2/c18-16-2-1-15(19)11-14(16)12-20-5-3-13(4-6-20)17(22)21-7-9-23-10-8-21/h1-2,11,13H,3-10,12H2. The number of rotatable bonds is 3. The smallest absolute Gasteiger partial charge is 0.225 e. The highest BCUT2D eigenvalue weighted by molar-refractivity contribution is 6.31. The summed E-state index contributed by atoms with van der Waals surface area (Å²) in [5, 5.41) is 0.595. The lowest BCUT2D eigenvalue weighted by Gasteiger charge is -2.35. The summed E-state index contributed by atoms with van der Waals surface area (Å²) in [6, 6.07) is 4.47. The Balaban J connectivity index is 1.52. The van der Waals surface area contributed by atoms with Gasteiger partial charge in [0.2, 0.25) is 5.91 Å². The molecule has 1 amide bonds. The van der Waals surface area contributed by atoms with E-state index in [1.807, 2.05) is 4.90 Å². The molecular formula is C17H22ClFN2O2. The van der Waals surface area contributed by atoms with Crippen LogP contribution in [0.1, 0.15) is 18.4 Å². The number of likely N-dealkylation sites (tertiary alicyclic amines) is 1. The molecule has 0 aliphatic carbocycles. The molecule has 1 aromatic carbocycles. The predicted molar refractivity (Wildman–Crippen MR) is 86.8 cm³/mol. The molecule has 0 aromatic heterocycles. The Bertz CT molecular complexity index is 556. The molecular weight excluding hydrogens is 319 g/mol. The van der Waals surface area contributed by atoms with Crippen LogP contribution < -0.4 is 0 Å². The van der Waals surface area contributed by atoms with Crippen molar-refractivity contribution in [3.8, 4) is 0 Å². The zero-order valence-corrected chi connectivity index (χ0v) is 13.9. The predicted octanol–water partition coefficient (Wildman–Crippen LogP) is 2.55. The summed E-state index contributed by atoms with van der Waals surface area (Å²) in [4.78, 5) is 16.7. The van der Waals surface area contributed by atoms with Crippen molar-refractivity contribution in [3.05, 3.63) is 34.6 Å². The van der Waals surface area contributed by atoms with E-state index in [9.17, 15) is 9.18 Å². The molecule has 1 aromatic rings. The number of carbonyl (C=O) groups excluding carboxylic acids is 1. The average Bonchev–Trinajstić information content (AvgIpc) is 2.59. The van der Waals surface area contributed by atoms with Gasteiger partial charge in [-0.2, -0.15) is 0 Å². The van der Waals surface area contributed by atoms with E-state index >= 15 is 0 Å². The van der Waals surface area contributed by atoms with E-state index in [4.69, 9.17) is 16.3 Å². The molecule has 0 saturated carbocycles. The van der Waals surface area contributed by atoms with Crippen LogP contribution in [-0.4, -0.2) is 55.1 Å². The lowest BCUT2D eigenvalue weighted by molar-refractivity contribution is -0.141. The Labute approximate surface area is 141 Å². The van der Waals surface area contributed by atoms with Crippen molar-refractivity contribution in [1.82, 2.24) is 9.80 Å². The van der Waals surface area contributed by atoms with Crippen molar-refractivity contribution in [2.75, 3.05) is 39.4 Å². The Kier molecular flexibility index (Phi) is 5.51. The summed E-state index contributed by atoms with van der Waals surface area (Å²) >= 11 is 6.13. The summed E-state index contributed by atoms with van der Waals surface area (Å²) in [7, 11) is 0. The monoisotopic (exact) mass is 340 g/mol. The number of hydrogen-bond donors (Lipinski definition) is 0. The van der Waals surface area contributed by atoms with E-state index in [-0.39, 0.29) is 17.6 Å². The van der Waals surface area contributed by atoms with Gasteiger partial charge in [0.25, 0.3) is 0 Å². The SMILES string of the molecule is O=C(C1CCN(Cc2cc(F)ccc2Cl)CC1)N1CCOCC1. The molecule has 0 N–H and O–H groups in total. The number of nitrogens with zero attached hydrogens (tertiary/aromatic N) is 2. The van der Waals surface area contributed by atoms with Gasteiger partial charge in [-0.15, -0.1) is 0 Å². The van der Waals surface area contributed by atoms with Gasteiger partial charge in [0.1, 0.15) is 5.82 Å². The zero-order valence-electron chi connectivity index (χ0n) is 13.1. The lowest BCUT2D eigenvalue weighted by Crippen LogP contribution is -2.46. The van der Waals surface area contributed by atoms with Gasteiger partial charge < -0.3 is 9.64 Å². The highest BCUT2D eigenvalue weighted by Gasteiger charge is 2.29. The number of amides is 1. The molecule has 23 heavy (non-hydrogen) atoms. The average molecular weight is 341 g/mol. The summed E-state index contributed by atoms with van der Waals surface area (Å²) in [5.74, 6) is 0.103. The van der Waals surface area contributed by atoms with Crippen LogP contribution >= 0.6 is 11.6 Å². The number of benzene rings is 1. The van der Waals surface area contributed by atoms with Gasteiger partial charge in [0, 0.05) is 30.6 Å². The third-order valence-electron chi connectivity index (χ3n) is 4.66. The molecule has 0 bridgehead atoms. The molecule has 4 nitrogen and oxygen atoms in total. The quantitative estimate of drug-likeness (QED) is 0.847. The first-order valence-corrected chi connectivity index (χ1v) is 8.54. The van der Waals surface area contributed by atoms with Gasteiger partial charge >= 0.3 is 0 Å². The van der Waals surface area contributed by atoms with Gasteiger partial charge in [0.05, 0.1) is 13.2 Å². The van der Waals surface area contributed by atoms with E-state index in [2.05, 4.69) is 4.90 Å². The third-order valence-corrected chi connectivity index (χ3v) is 5.03. The molecule has 126 valence electrons. The van der Waals surface area contributed by atoms with Gasteiger partial charge in [-0.1, -0.05) is 11.6 Å². The number of hydrogen-bond acceptors (Lipinski definition) is 3. The highest BCUT2D eigenvalue weighted by atomic mass is 35.5. The van der Waals surface area contributed by atoms with Crippen molar-refractivity contribution in [3.63, 3.8) is 0 Å². The molecule has 3 rings (SSSR count). The second kappa shape index (κ2) is 7.60. The molecule has 2 fully saturated rings. The first kappa shape index (κ1) is 16.7. The van der Waals surface area contributed by atoms with E-state index in [0.717, 1.165) is 31.5 Å². The van der Waals surface area contributed by atoms with Crippen LogP contribution in [0.4, 0.5) is 4.39 Å². The Morgan fingerprint density at radius 1 is 1.22 bits per heavy atom. The normalized spacial score (nSPS) is 20.7. The summed E-state index contributed by atoms with van der Waals surface area (Å²) in [6.07, 6.45) is 1.70. The van der Waals surface area contributed by atoms with Crippen molar-refractivity contribution < 1.29 is 13.9 Å². The highest BCUT2D eigenvalue weighted by Crippen LogP contribution is 2.24. The number of morpholine rings is 1. The summed E-state index contributed by atoms with van der Waals surface area (Å²) in [6.45, 7) is 5.01. The number of piperidine rings is 1. The first-order chi connectivity index (χ1) is 11.1. The Morgan fingerprint density at radius 3 is 2.61 bits per heavy atom. The van der Waals surface area contributed by atoms with Crippen LogP contribution in [0.3, 0.4) is 0 Å². The topological polar surface area (TPSA) is 32.8 Å². The van der Waals surface area contributed by atoms with Crippen LogP contribution in [0.2, 0.25) is 5.02 Å². The largest absolute Gasteiger partial charge is 0.378 e. The molecule has 2 saturated heterocycles. The second-order valence-corrected chi connectivity index (χ2v) is 6.63. The molecule has 2 heterocycles. The van der Waals surface area contributed by atoms with E-state index < -0.39 is 0 Å². The fourth-order valence-corrected chi connectivity index (χ4v) is 3.46. The van der Waals surface area contributed by atoms with Gasteiger partial charge in [-0.05, 0) is 49.7 Å². The van der Waals surface area contributed by atoms with Crippen molar-refractivity contribution in [2.45, 2.75) is 19.4 Å². The van der Waals surface area contributed by atoms with Gasteiger partial charge in [0.15, 0.2) is 0 Å². The fraction of sp³-hybridized carbons (Fsp3) is 0.588. The summed E-state index contributed by atoms with van der Waals surface area (Å²) in [5.41, 5.74) is 0.810. The maximum absolute atomic E-state index is 13.3. The van der Waals surface area contributed by atoms with Crippen LogP contribution in [0, 0.1) is 11.7 Å². The van der Waals surface area contributed by atoms with E-state index in [1.165, 1.54) is 12.1 Å². The van der Waals surface area contributed by atoms with Crippen LogP contribution in [0.25, 0.3) is 0 Å². The molecule has 6 heteroatoms. The van der Waals surface area contributed by atoms with Gasteiger partial charge in [-0.25, -0.2) is 4.39 Å². The van der Waals surface area contributed by atoms with Crippen LogP contribution in [0.5, 0.6) is 0 Å². The number of carbonyl (C=O) groups is 1. The minimum Gasteiger partial charge on any atom is -0.378 e. The Hall–Kier alpha value is -1.17. The molecule has 0 spiro atoms. The van der Waals surface area contributed by atoms with Crippen LogP contribution in [-0.2, 0) is 16.1 Å². The molecule has 2 aliphatic rings. The zero-order chi connectivity index (χ0) is 16.2. The maximum atomic E-state index is 13.3. The first-order valence-electron chi connectivity index (χ1n) is 8.16. The maximum Gasteiger partial charge on any atom is 0.225 e. The van der Waals surface area contributed by atoms with Crippen molar-refractivity contribution in [1.29, 1.82) is 0 Å². The molecule has 0 unspecified atom stereocenters. The molecule has 0 atom stereocenters. The molecule has 2 aliphatic heterocycles. The fourth-order valence-electron chi connectivity index (χ4n) is 3.29. The van der Waals surface area contributed by atoms with E-state index in [1.54, 1.807) is 6.07 Å². The van der Waals surface area contributed by atoms with Gasteiger partial charge in [-0.3, -0.25) is 9.69 Å². The minimum absolute atomic E-state index is 0.104. The lowest BCUT2D eigenvalue weighted by atomic mass is 9.94. The minimum atomic E-state index is -0.262. The second-order valence-electron chi connectivity index (χ2n) is 6.22. The number of halogens is 2.